The number of hydrogen-bond donors (Lipinski definition) is 0. The Morgan fingerprint density at radius 3 is 2.75 bits per heavy atom. The number of benzene rings is 1. The van der Waals surface area contributed by atoms with Crippen LogP contribution in [-0.2, 0) is 0 Å². The lowest BCUT2D eigenvalue weighted by Crippen LogP contribution is -1.85. The van der Waals surface area contributed by atoms with E-state index in [4.69, 9.17) is 4.74 Å². The number of pyridine rings is 1. The quantitative estimate of drug-likeness (QED) is 0.733. The molecule has 16 heavy (non-hydrogen) atoms. The Labute approximate surface area is 94.4 Å². The molecule has 0 aliphatic carbocycles. The molecular weight excluding hydrogens is 200 g/mol. The van der Waals surface area contributed by atoms with Gasteiger partial charge in [0, 0.05) is 18.5 Å². The number of aliphatic imine (C=N–C) groups is 1. The van der Waals surface area contributed by atoms with Gasteiger partial charge >= 0.3 is 0 Å². The molecule has 0 spiro atoms. The lowest BCUT2D eigenvalue weighted by atomic mass is 10.2. The van der Waals surface area contributed by atoms with E-state index in [1.54, 1.807) is 31.8 Å². The third kappa shape index (κ3) is 2.45. The van der Waals surface area contributed by atoms with Gasteiger partial charge in [0.15, 0.2) is 0 Å². The molecule has 0 saturated heterocycles. The highest BCUT2D eigenvalue weighted by Crippen LogP contribution is 2.24. The molecule has 0 bridgehead atoms. The van der Waals surface area contributed by atoms with Crippen molar-refractivity contribution in [2.45, 2.75) is 0 Å². The van der Waals surface area contributed by atoms with Crippen LogP contribution in [0, 0.1) is 0 Å². The van der Waals surface area contributed by atoms with E-state index in [1.165, 1.54) is 0 Å². The topological polar surface area (TPSA) is 34.5 Å². The molecule has 0 atom stereocenters. The summed E-state index contributed by atoms with van der Waals surface area (Å²) in [5, 5.41) is 0. The van der Waals surface area contributed by atoms with Gasteiger partial charge in [-0.1, -0.05) is 30.3 Å². The zero-order valence-corrected chi connectivity index (χ0v) is 9.00. The van der Waals surface area contributed by atoms with Gasteiger partial charge in [0.1, 0.15) is 11.4 Å². The van der Waals surface area contributed by atoms with Crippen LogP contribution < -0.4 is 4.74 Å². The molecule has 2 rings (SSSR count). The van der Waals surface area contributed by atoms with E-state index in [1.807, 2.05) is 30.3 Å². The van der Waals surface area contributed by atoms with Crippen LogP contribution in [0.5, 0.6) is 5.75 Å². The summed E-state index contributed by atoms with van der Waals surface area (Å²) in [6.45, 7) is 0. The lowest BCUT2D eigenvalue weighted by molar-refractivity contribution is 0.415. The van der Waals surface area contributed by atoms with E-state index < -0.39 is 0 Å². The van der Waals surface area contributed by atoms with Gasteiger partial charge in [-0.3, -0.25) is 9.98 Å². The van der Waals surface area contributed by atoms with Gasteiger partial charge in [-0.15, -0.1) is 0 Å². The SMILES string of the molecule is COc1ccncc1N=Cc1ccccc1. The van der Waals surface area contributed by atoms with E-state index in [2.05, 4.69) is 9.98 Å². The third-order valence-electron chi connectivity index (χ3n) is 2.13. The Morgan fingerprint density at radius 1 is 1.19 bits per heavy atom. The van der Waals surface area contributed by atoms with Gasteiger partial charge in [-0.05, 0) is 5.56 Å². The maximum atomic E-state index is 5.18. The minimum atomic E-state index is 0.724. The van der Waals surface area contributed by atoms with Crippen molar-refractivity contribution in [2.75, 3.05) is 7.11 Å². The minimum absolute atomic E-state index is 0.724. The standard InChI is InChI=1S/C13H12N2O/c1-16-13-7-8-14-10-12(13)15-9-11-5-3-2-4-6-11/h2-10H,1H3. The van der Waals surface area contributed by atoms with Crippen molar-refractivity contribution >= 4 is 11.9 Å². The van der Waals surface area contributed by atoms with Crippen molar-refractivity contribution in [3.63, 3.8) is 0 Å². The van der Waals surface area contributed by atoms with Crippen molar-refractivity contribution in [2.24, 2.45) is 4.99 Å². The molecule has 0 radical (unpaired) electrons. The van der Waals surface area contributed by atoms with Crippen LogP contribution in [0.15, 0.2) is 53.8 Å². The van der Waals surface area contributed by atoms with Crippen molar-refractivity contribution in [3.8, 4) is 5.75 Å². The van der Waals surface area contributed by atoms with E-state index in [9.17, 15) is 0 Å². The molecule has 3 heteroatoms. The van der Waals surface area contributed by atoms with Gasteiger partial charge in [0.05, 0.1) is 13.3 Å². The maximum Gasteiger partial charge on any atom is 0.147 e. The molecule has 3 nitrogen and oxygen atoms in total. The minimum Gasteiger partial charge on any atom is -0.494 e. The first-order valence-electron chi connectivity index (χ1n) is 4.97. The molecule has 0 amide bonds. The zero-order chi connectivity index (χ0) is 11.2. The average molecular weight is 212 g/mol. The highest BCUT2D eigenvalue weighted by molar-refractivity contribution is 5.82. The molecule has 1 aromatic heterocycles. The molecule has 0 saturated carbocycles. The molecule has 0 unspecified atom stereocenters. The second-order valence-corrected chi connectivity index (χ2v) is 3.22. The number of rotatable bonds is 3. The van der Waals surface area contributed by atoms with Gasteiger partial charge in [0.2, 0.25) is 0 Å². The molecule has 1 aromatic carbocycles. The smallest absolute Gasteiger partial charge is 0.147 e. The van der Waals surface area contributed by atoms with Crippen LogP contribution in [0.4, 0.5) is 5.69 Å². The summed E-state index contributed by atoms with van der Waals surface area (Å²) in [7, 11) is 1.62. The predicted octanol–water partition coefficient (Wildman–Crippen LogP) is 2.84. The Morgan fingerprint density at radius 2 is 2.00 bits per heavy atom. The first kappa shape index (κ1) is 10.4. The molecule has 80 valence electrons. The van der Waals surface area contributed by atoms with Crippen LogP contribution in [-0.4, -0.2) is 18.3 Å². The second kappa shape index (κ2) is 5.07. The number of ether oxygens (including phenoxy) is 1. The monoisotopic (exact) mass is 212 g/mol. The summed E-state index contributed by atoms with van der Waals surface area (Å²) in [4.78, 5) is 8.35. The normalized spacial score (nSPS) is 10.6. The van der Waals surface area contributed by atoms with Crippen LogP contribution in [0.1, 0.15) is 5.56 Å². The van der Waals surface area contributed by atoms with Crippen molar-refractivity contribution in [1.82, 2.24) is 4.98 Å². The first-order chi connectivity index (χ1) is 7.90. The summed E-state index contributed by atoms with van der Waals surface area (Å²) in [6.07, 6.45) is 5.15. The van der Waals surface area contributed by atoms with Crippen LogP contribution >= 0.6 is 0 Å². The Kier molecular flexibility index (Phi) is 3.28. The van der Waals surface area contributed by atoms with Crippen LogP contribution in [0.25, 0.3) is 0 Å². The molecular formula is C13H12N2O. The number of methoxy groups -OCH3 is 1. The van der Waals surface area contributed by atoms with E-state index >= 15 is 0 Å². The lowest BCUT2D eigenvalue weighted by Gasteiger charge is -2.01. The fourth-order valence-corrected chi connectivity index (χ4v) is 1.33. The Bertz CT molecular complexity index is 480. The molecule has 1 heterocycles. The maximum absolute atomic E-state index is 5.18. The fraction of sp³-hybridized carbons (Fsp3) is 0.0769. The fourth-order valence-electron chi connectivity index (χ4n) is 1.33. The van der Waals surface area contributed by atoms with Crippen LogP contribution in [0.3, 0.4) is 0 Å². The van der Waals surface area contributed by atoms with Gasteiger partial charge in [0.25, 0.3) is 0 Å². The third-order valence-corrected chi connectivity index (χ3v) is 2.13. The summed E-state index contributed by atoms with van der Waals surface area (Å²) < 4.78 is 5.18. The first-order valence-corrected chi connectivity index (χ1v) is 4.97. The zero-order valence-electron chi connectivity index (χ0n) is 9.00. The highest BCUT2D eigenvalue weighted by atomic mass is 16.5. The molecule has 0 aliphatic heterocycles. The van der Waals surface area contributed by atoms with Gasteiger partial charge in [-0.25, -0.2) is 0 Å². The predicted molar refractivity (Wildman–Crippen MR) is 64.5 cm³/mol. The highest BCUT2D eigenvalue weighted by Gasteiger charge is 1.98. The van der Waals surface area contributed by atoms with E-state index in [0.717, 1.165) is 17.0 Å². The largest absolute Gasteiger partial charge is 0.494 e. The Balaban J connectivity index is 2.24. The summed E-state index contributed by atoms with van der Waals surface area (Å²) in [6, 6.07) is 11.7. The van der Waals surface area contributed by atoms with E-state index in [0.29, 0.717) is 0 Å². The van der Waals surface area contributed by atoms with Crippen molar-refractivity contribution in [3.05, 3.63) is 54.4 Å². The molecule has 0 fully saturated rings. The molecule has 0 N–H and O–H groups in total. The van der Waals surface area contributed by atoms with Crippen molar-refractivity contribution < 1.29 is 4.74 Å². The van der Waals surface area contributed by atoms with Gasteiger partial charge < -0.3 is 4.74 Å². The van der Waals surface area contributed by atoms with Crippen molar-refractivity contribution in [1.29, 1.82) is 0 Å². The number of hydrogen-bond acceptors (Lipinski definition) is 3. The molecule has 2 aromatic rings. The van der Waals surface area contributed by atoms with Gasteiger partial charge in [-0.2, -0.15) is 0 Å². The summed E-state index contributed by atoms with van der Waals surface area (Å²) >= 11 is 0. The summed E-state index contributed by atoms with van der Waals surface area (Å²) in [5.74, 6) is 0.724. The number of nitrogens with zero attached hydrogens (tertiary/aromatic N) is 2. The average Bonchev–Trinajstić information content (AvgIpc) is 2.38. The second-order valence-electron chi connectivity index (χ2n) is 3.22. The van der Waals surface area contributed by atoms with Crippen LogP contribution in [0.2, 0.25) is 0 Å². The van der Waals surface area contributed by atoms with E-state index in [-0.39, 0.29) is 0 Å². The number of aromatic nitrogens is 1. The summed E-state index contributed by atoms with van der Waals surface area (Å²) in [5.41, 5.74) is 1.78. The molecule has 0 aliphatic rings. The Hall–Kier alpha value is -2.16.